The van der Waals surface area contributed by atoms with E-state index in [1.165, 1.54) is 12.3 Å². The monoisotopic (exact) mass is 215 g/mol. The molecule has 0 atom stereocenters. The molecule has 0 saturated heterocycles. The summed E-state index contributed by atoms with van der Waals surface area (Å²) in [6, 6.07) is 6.77. The molecule has 5 nitrogen and oxygen atoms in total. The maximum Gasteiger partial charge on any atom is 0.354 e. The van der Waals surface area contributed by atoms with Crippen molar-refractivity contribution in [3.63, 3.8) is 0 Å². The molecule has 0 aliphatic heterocycles. The van der Waals surface area contributed by atoms with Gasteiger partial charge in [-0.05, 0) is 25.1 Å². The summed E-state index contributed by atoms with van der Waals surface area (Å²) in [5, 5.41) is 8.80. The largest absolute Gasteiger partial charge is 0.477 e. The summed E-state index contributed by atoms with van der Waals surface area (Å²) in [6.07, 6.45) is 1.41. The van der Waals surface area contributed by atoms with Crippen LogP contribution in [0.5, 0.6) is 0 Å². The van der Waals surface area contributed by atoms with Crippen LogP contribution in [0.3, 0.4) is 0 Å². The molecule has 2 aromatic rings. The third kappa shape index (κ3) is 2.03. The van der Waals surface area contributed by atoms with E-state index in [0.717, 1.165) is 5.69 Å². The van der Waals surface area contributed by atoms with E-state index < -0.39 is 5.97 Å². The van der Waals surface area contributed by atoms with E-state index in [0.29, 0.717) is 11.5 Å². The van der Waals surface area contributed by atoms with E-state index in [1.54, 1.807) is 6.07 Å². The molecule has 0 fully saturated rings. The lowest BCUT2D eigenvalue weighted by Gasteiger charge is -2.00. The topological polar surface area (TPSA) is 76.0 Å². The van der Waals surface area contributed by atoms with Crippen LogP contribution in [-0.2, 0) is 0 Å². The summed E-state index contributed by atoms with van der Waals surface area (Å²) >= 11 is 0. The van der Waals surface area contributed by atoms with Crippen molar-refractivity contribution >= 4 is 5.97 Å². The van der Waals surface area contributed by atoms with Gasteiger partial charge >= 0.3 is 5.97 Å². The maximum absolute atomic E-state index is 10.7. The Morgan fingerprint density at radius 1 is 1.25 bits per heavy atom. The lowest BCUT2D eigenvalue weighted by atomic mass is 10.3. The fourth-order valence-electron chi connectivity index (χ4n) is 1.27. The van der Waals surface area contributed by atoms with Crippen LogP contribution in [0.1, 0.15) is 16.2 Å². The van der Waals surface area contributed by atoms with Gasteiger partial charge in [0.05, 0.1) is 0 Å². The summed E-state index contributed by atoms with van der Waals surface area (Å²) in [6.45, 7) is 1.85. The number of rotatable bonds is 2. The first-order valence-corrected chi connectivity index (χ1v) is 4.67. The van der Waals surface area contributed by atoms with Crippen molar-refractivity contribution < 1.29 is 9.90 Å². The van der Waals surface area contributed by atoms with Crippen molar-refractivity contribution in [2.45, 2.75) is 6.92 Å². The molecule has 0 aromatic carbocycles. The van der Waals surface area contributed by atoms with Gasteiger partial charge in [0.2, 0.25) is 0 Å². The van der Waals surface area contributed by atoms with E-state index in [2.05, 4.69) is 15.0 Å². The fraction of sp³-hybridized carbons (Fsp3) is 0.0909. The Morgan fingerprint density at radius 3 is 2.75 bits per heavy atom. The molecule has 1 N–H and O–H groups in total. The molecule has 0 saturated carbocycles. The first-order chi connectivity index (χ1) is 7.66. The number of carbonyl (C=O) groups is 1. The zero-order chi connectivity index (χ0) is 11.5. The van der Waals surface area contributed by atoms with E-state index in [4.69, 9.17) is 5.11 Å². The van der Waals surface area contributed by atoms with Crippen LogP contribution in [0.4, 0.5) is 0 Å². The molecular formula is C11H9N3O2. The van der Waals surface area contributed by atoms with Gasteiger partial charge in [-0.25, -0.2) is 19.7 Å². The average molecular weight is 215 g/mol. The Bertz CT molecular complexity index is 540. The van der Waals surface area contributed by atoms with Crippen LogP contribution in [0.25, 0.3) is 11.5 Å². The highest BCUT2D eigenvalue weighted by atomic mass is 16.4. The van der Waals surface area contributed by atoms with Gasteiger partial charge in [-0.2, -0.15) is 0 Å². The molecule has 80 valence electrons. The van der Waals surface area contributed by atoms with Gasteiger partial charge in [-0.1, -0.05) is 6.07 Å². The molecule has 16 heavy (non-hydrogen) atoms. The second-order valence-corrected chi connectivity index (χ2v) is 3.23. The second-order valence-electron chi connectivity index (χ2n) is 3.23. The molecule has 5 heteroatoms. The highest BCUT2D eigenvalue weighted by Gasteiger charge is 2.08. The molecular weight excluding hydrogens is 206 g/mol. The van der Waals surface area contributed by atoms with Crippen molar-refractivity contribution in [2.24, 2.45) is 0 Å². The highest BCUT2D eigenvalue weighted by molar-refractivity contribution is 5.85. The van der Waals surface area contributed by atoms with Gasteiger partial charge in [-0.15, -0.1) is 0 Å². The quantitative estimate of drug-likeness (QED) is 0.822. The van der Waals surface area contributed by atoms with Gasteiger partial charge in [-0.3, -0.25) is 0 Å². The van der Waals surface area contributed by atoms with Gasteiger partial charge in [0.15, 0.2) is 11.5 Å². The predicted octanol–water partition coefficient (Wildman–Crippen LogP) is 1.55. The number of pyridine rings is 1. The van der Waals surface area contributed by atoms with Crippen LogP contribution in [-0.4, -0.2) is 26.0 Å². The summed E-state index contributed by atoms with van der Waals surface area (Å²) in [5.41, 5.74) is 1.37. The van der Waals surface area contributed by atoms with Gasteiger partial charge < -0.3 is 5.11 Å². The van der Waals surface area contributed by atoms with Gasteiger partial charge in [0.1, 0.15) is 5.69 Å². The third-order valence-electron chi connectivity index (χ3n) is 1.99. The van der Waals surface area contributed by atoms with Gasteiger partial charge in [0, 0.05) is 11.9 Å². The number of aryl methyl sites for hydroxylation is 1. The second kappa shape index (κ2) is 4.06. The summed E-state index contributed by atoms with van der Waals surface area (Å²) in [4.78, 5) is 22.9. The van der Waals surface area contributed by atoms with Gasteiger partial charge in [0.25, 0.3) is 0 Å². The van der Waals surface area contributed by atoms with Crippen LogP contribution < -0.4 is 0 Å². The van der Waals surface area contributed by atoms with Crippen molar-refractivity contribution in [3.8, 4) is 11.5 Å². The molecule has 0 aliphatic rings. The maximum atomic E-state index is 10.7. The number of carboxylic acid groups (broad SMARTS) is 1. The first-order valence-electron chi connectivity index (χ1n) is 4.67. The lowest BCUT2D eigenvalue weighted by Crippen LogP contribution is -2.03. The molecule has 2 heterocycles. The molecule has 0 bridgehead atoms. The molecule has 0 spiro atoms. The molecule has 0 aliphatic carbocycles. The Balaban J connectivity index is 2.48. The van der Waals surface area contributed by atoms with Crippen molar-refractivity contribution in [1.29, 1.82) is 0 Å². The normalized spacial score (nSPS) is 10.1. The van der Waals surface area contributed by atoms with Crippen LogP contribution in [0.2, 0.25) is 0 Å². The van der Waals surface area contributed by atoms with Crippen molar-refractivity contribution in [3.05, 3.63) is 41.9 Å². The lowest BCUT2D eigenvalue weighted by molar-refractivity contribution is 0.0690. The summed E-state index contributed by atoms with van der Waals surface area (Å²) in [5.74, 6) is -0.750. The van der Waals surface area contributed by atoms with Crippen LogP contribution in [0.15, 0.2) is 30.5 Å². The number of aromatic nitrogens is 3. The minimum atomic E-state index is -1.07. The van der Waals surface area contributed by atoms with Crippen molar-refractivity contribution in [2.75, 3.05) is 0 Å². The van der Waals surface area contributed by atoms with Crippen LogP contribution in [0, 0.1) is 6.92 Å². The minimum Gasteiger partial charge on any atom is -0.477 e. The van der Waals surface area contributed by atoms with E-state index in [1.807, 2.05) is 19.1 Å². The standard InChI is InChI=1S/C11H9N3O2/c1-7-3-2-4-8(13-7)10-12-6-5-9(14-10)11(15)16/h2-6H,1H3,(H,15,16). The number of nitrogens with zero attached hydrogens (tertiary/aromatic N) is 3. The Kier molecular flexibility index (Phi) is 2.59. The minimum absolute atomic E-state index is 0.0340. The predicted molar refractivity (Wildman–Crippen MR) is 57.0 cm³/mol. The Labute approximate surface area is 91.8 Å². The third-order valence-corrected chi connectivity index (χ3v) is 1.99. The molecule has 0 amide bonds. The molecule has 0 radical (unpaired) electrons. The van der Waals surface area contributed by atoms with E-state index in [9.17, 15) is 4.79 Å². The zero-order valence-corrected chi connectivity index (χ0v) is 8.58. The molecule has 2 rings (SSSR count). The summed E-state index contributed by atoms with van der Waals surface area (Å²) < 4.78 is 0. The van der Waals surface area contributed by atoms with E-state index in [-0.39, 0.29) is 5.69 Å². The fourth-order valence-corrected chi connectivity index (χ4v) is 1.27. The average Bonchev–Trinajstić information content (AvgIpc) is 2.29. The number of hydrogen-bond acceptors (Lipinski definition) is 4. The van der Waals surface area contributed by atoms with E-state index >= 15 is 0 Å². The number of carboxylic acids is 1. The van der Waals surface area contributed by atoms with Crippen molar-refractivity contribution in [1.82, 2.24) is 15.0 Å². The Hall–Kier alpha value is -2.30. The summed E-state index contributed by atoms with van der Waals surface area (Å²) in [7, 11) is 0. The zero-order valence-electron chi connectivity index (χ0n) is 8.58. The smallest absolute Gasteiger partial charge is 0.354 e. The van der Waals surface area contributed by atoms with Crippen LogP contribution >= 0.6 is 0 Å². The molecule has 0 unspecified atom stereocenters. The molecule has 2 aromatic heterocycles. The number of aromatic carboxylic acids is 1. The SMILES string of the molecule is Cc1cccc(-c2nccc(C(=O)O)n2)n1. The number of hydrogen-bond donors (Lipinski definition) is 1. The first kappa shape index (κ1) is 10.2. The Morgan fingerprint density at radius 2 is 2.06 bits per heavy atom. The highest BCUT2D eigenvalue weighted by Crippen LogP contribution is 2.11.